The van der Waals surface area contributed by atoms with E-state index in [0.29, 0.717) is 11.3 Å². The van der Waals surface area contributed by atoms with E-state index in [1.165, 1.54) is 24.3 Å². The third-order valence-electron chi connectivity index (χ3n) is 5.00. The summed E-state index contributed by atoms with van der Waals surface area (Å²) in [5.74, 6) is -2.67. The molecular formula is C23H20FN5O6. The SMILES string of the molecule is O=C(C=C1C=CC=C(Nc2ncc(F)c(Nc3ccc4c(c3)C(=O)OC4)n2)C1=O)NCC(O)CO. The van der Waals surface area contributed by atoms with E-state index in [-0.39, 0.29) is 36.2 Å². The lowest BCUT2D eigenvalue weighted by Gasteiger charge is -2.14. The average molecular weight is 481 g/mol. The van der Waals surface area contributed by atoms with Crippen molar-refractivity contribution in [3.8, 4) is 0 Å². The first-order valence-corrected chi connectivity index (χ1v) is 10.4. The Morgan fingerprint density at radius 2 is 2.11 bits per heavy atom. The van der Waals surface area contributed by atoms with Crippen LogP contribution < -0.4 is 16.0 Å². The zero-order chi connectivity index (χ0) is 24.9. The highest BCUT2D eigenvalue weighted by Gasteiger charge is 2.22. The van der Waals surface area contributed by atoms with Crippen LogP contribution in [0.1, 0.15) is 15.9 Å². The Labute approximate surface area is 198 Å². The predicted octanol–water partition coefficient (Wildman–Crippen LogP) is 0.860. The maximum Gasteiger partial charge on any atom is 0.338 e. The fraction of sp³-hybridized carbons (Fsp3) is 0.174. The van der Waals surface area contributed by atoms with Gasteiger partial charge in [0.15, 0.2) is 11.6 Å². The van der Waals surface area contributed by atoms with E-state index in [4.69, 9.17) is 9.84 Å². The summed E-state index contributed by atoms with van der Waals surface area (Å²) in [5, 5.41) is 26.0. The van der Waals surface area contributed by atoms with E-state index in [2.05, 4.69) is 25.9 Å². The molecule has 5 N–H and O–H groups in total. The molecule has 2 heterocycles. The third-order valence-corrected chi connectivity index (χ3v) is 5.00. The summed E-state index contributed by atoms with van der Waals surface area (Å²) in [4.78, 5) is 44.4. The number of fused-ring (bicyclic) bond motifs is 1. The highest BCUT2D eigenvalue weighted by molar-refractivity contribution is 6.15. The summed E-state index contributed by atoms with van der Waals surface area (Å²) in [5.41, 5.74) is 1.60. The van der Waals surface area contributed by atoms with Gasteiger partial charge in [0.25, 0.3) is 0 Å². The van der Waals surface area contributed by atoms with Crippen molar-refractivity contribution in [2.45, 2.75) is 12.7 Å². The summed E-state index contributed by atoms with van der Waals surface area (Å²) in [6.07, 6.45) is 5.24. The first kappa shape index (κ1) is 23.7. The van der Waals surface area contributed by atoms with Crippen LogP contribution in [0.4, 0.5) is 21.8 Å². The van der Waals surface area contributed by atoms with Gasteiger partial charge < -0.3 is 30.9 Å². The number of benzene rings is 1. The number of esters is 1. The summed E-state index contributed by atoms with van der Waals surface area (Å²) >= 11 is 0. The zero-order valence-electron chi connectivity index (χ0n) is 18.1. The maximum atomic E-state index is 14.3. The normalized spacial score (nSPS) is 16.4. The molecule has 2 aromatic rings. The van der Waals surface area contributed by atoms with Crippen molar-refractivity contribution < 1.29 is 33.7 Å². The summed E-state index contributed by atoms with van der Waals surface area (Å²) in [7, 11) is 0. The van der Waals surface area contributed by atoms with Crippen molar-refractivity contribution in [1.82, 2.24) is 15.3 Å². The molecule has 0 bridgehead atoms. The molecule has 0 fully saturated rings. The van der Waals surface area contributed by atoms with Crippen LogP contribution in [0.15, 0.2) is 60.0 Å². The Hall–Kier alpha value is -4.42. The maximum absolute atomic E-state index is 14.3. The molecule has 1 aliphatic carbocycles. The van der Waals surface area contributed by atoms with Crippen molar-refractivity contribution in [1.29, 1.82) is 0 Å². The number of allylic oxidation sites excluding steroid dienone is 4. The molecule has 1 atom stereocenters. The number of aliphatic hydroxyl groups excluding tert-OH is 2. The molecule has 180 valence electrons. The molecule has 4 rings (SSSR count). The second-order valence-electron chi connectivity index (χ2n) is 7.54. The lowest BCUT2D eigenvalue weighted by atomic mass is 10.0. The fourth-order valence-corrected chi connectivity index (χ4v) is 3.21. The number of aliphatic hydroxyl groups is 2. The third kappa shape index (κ3) is 5.57. The molecule has 1 aliphatic heterocycles. The number of halogens is 1. The molecule has 0 spiro atoms. The number of nitrogens with one attached hydrogen (secondary N) is 3. The van der Waals surface area contributed by atoms with Crippen LogP contribution in [-0.4, -0.2) is 57.1 Å². The van der Waals surface area contributed by atoms with Crippen molar-refractivity contribution >= 4 is 35.1 Å². The van der Waals surface area contributed by atoms with E-state index in [1.807, 2.05) is 0 Å². The van der Waals surface area contributed by atoms with Crippen LogP contribution >= 0.6 is 0 Å². The smallest absolute Gasteiger partial charge is 0.338 e. The van der Waals surface area contributed by atoms with Crippen molar-refractivity contribution in [3.63, 3.8) is 0 Å². The molecule has 1 aromatic carbocycles. The number of ether oxygens (including phenoxy) is 1. The van der Waals surface area contributed by atoms with Gasteiger partial charge in [0.05, 0.1) is 30.2 Å². The molecule has 12 heteroatoms. The number of aromatic nitrogens is 2. The molecule has 2 aliphatic rings. The van der Waals surface area contributed by atoms with E-state index in [9.17, 15) is 23.9 Å². The minimum absolute atomic E-state index is 0.0415. The second kappa shape index (κ2) is 10.2. The Morgan fingerprint density at radius 3 is 2.91 bits per heavy atom. The highest BCUT2D eigenvalue weighted by Crippen LogP contribution is 2.26. The predicted molar refractivity (Wildman–Crippen MR) is 121 cm³/mol. The number of hydrogen-bond donors (Lipinski definition) is 5. The second-order valence-corrected chi connectivity index (χ2v) is 7.54. The highest BCUT2D eigenvalue weighted by atomic mass is 19.1. The molecule has 1 aromatic heterocycles. The summed E-state index contributed by atoms with van der Waals surface area (Å²) in [6, 6.07) is 4.86. The minimum Gasteiger partial charge on any atom is -0.457 e. The monoisotopic (exact) mass is 481 g/mol. The molecule has 35 heavy (non-hydrogen) atoms. The van der Waals surface area contributed by atoms with Crippen LogP contribution in [0.25, 0.3) is 0 Å². The van der Waals surface area contributed by atoms with Crippen molar-refractivity contribution in [2.24, 2.45) is 0 Å². The summed E-state index contributed by atoms with van der Waals surface area (Å²) < 4.78 is 19.3. The Bertz CT molecular complexity index is 1290. The van der Waals surface area contributed by atoms with Crippen LogP contribution in [-0.2, 0) is 20.9 Å². The van der Waals surface area contributed by atoms with Gasteiger partial charge in [-0.25, -0.2) is 14.2 Å². The average Bonchev–Trinajstić information content (AvgIpc) is 3.22. The number of carbonyl (C=O) groups excluding carboxylic acids is 3. The molecule has 0 saturated heterocycles. The number of rotatable bonds is 8. The number of hydrogen-bond acceptors (Lipinski definition) is 10. The minimum atomic E-state index is -1.11. The number of cyclic esters (lactones) is 1. The van der Waals surface area contributed by atoms with Gasteiger partial charge in [-0.2, -0.15) is 4.98 Å². The quantitative estimate of drug-likeness (QED) is 0.270. The molecule has 1 unspecified atom stereocenters. The van der Waals surface area contributed by atoms with Gasteiger partial charge in [-0.15, -0.1) is 0 Å². The van der Waals surface area contributed by atoms with Gasteiger partial charge in [0.1, 0.15) is 6.61 Å². The molecule has 0 radical (unpaired) electrons. The number of nitrogens with zero attached hydrogens (tertiary/aromatic N) is 2. The zero-order valence-corrected chi connectivity index (χ0v) is 18.1. The molecular weight excluding hydrogens is 461 g/mol. The lowest BCUT2D eigenvalue weighted by Crippen LogP contribution is -2.33. The molecule has 1 amide bonds. The first-order valence-electron chi connectivity index (χ1n) is 10.4. The number of amides is 1. The number of ketones is 1. The van der Waals surface area contributed by atoms with Gasteiger partial charge in [0.2, 0.25) is 17.6 Å². The number of carbonyl (C=O) groups is 3. The fourth-order valence-electron chi connectivity index (χ4n) is 3.21. The van der Waals surface area contributed by atoms with Gasteiger partial charge in [-0.1, -0.05) is 18.2 Å². The summed E-state index contributed by atoms with van der Waals surface area (Å²) in [6.45, 7) is -0.507. The van der Waals surface area contributed by atoms with E-state index in [1.54, 1.807) is 12.1 Å². The number of anilines is 3. The van der Waals surface area contributed by atoms with Gasteiger partial charge in [-0.05, 0) is 18.2 Å². The first-order chi connectivity index (χ1) is 16.8. The van der Waals surface area contributed by atoms with E-state index >= 15 is 0 Å². The Balaban J connectivity index is 1.46. The van der Waals surface area contributed by atoms with Gasteiger partial charge in [-0.3, -0.25) is 9.59 Å². The standard InChI is InChI=1S/C23H20FN5O6/c24-17-9-26-23(29-21(17)27-14-5-4-13-11-35-22(34)16(13)7-14)28-18-3-1-2-12(20(18)33)6-19(32)25-8-15(31)10-30/h1-7,9,15,30-31H,8,10-11H2,(H,25,32)(H2,26,27,28,29). The molecule has 0 saturated carbocycles. The van der Waals surface area contributed by atoms with Crippen molar-refractivity contribution in [3.05, 3.63) is 76.9 Å². The van der Waals surface area contributed by atoms with Gasteiger partial charge >= 0.3 is 5.97 Å². The van der Waals surface area contributed by atoms with E-state index in [0.717, 1.165) is 17.8 Å². The lowest BCUT2D eigenvalue weighted by molar-refractivity contribution is -0.117. The van der Waals surface area contributed by atoms with Crippen LogP contribution in [0, 0.1) is 5.82 Å². The van der Waals surface area contributed by atoms with Crippen molar-refractivity contribution in [2.75, 3.05) is 23.8 Å². The topological polar surface area (TPSA) is 163 Å². The van der Waals surface area contributed by atoms with Crippen LogP contribution in [0.5, 0.6) is 0 Å². The van der Waals surface area contributed by atoms with Crippen LogP contribution in [0.3, 0.4) is 0 Å². The van der Waals surface area contributed by atoms with Gasteiger partial charge in [0, 0.05) is 29.4 Å². The van der Waals surface area contributed by atoms with E-state index < -0.39 is 36.2 Å². The number of Topliss-reactive ketones (excluding diaryl/α,β-unsaturated/α-hetero) is 1. The Morgan fingerprint density at radius 1 is 1.29 bits per heavy atom. The largest absolute Gasteiger partial charge is 0.457 e. The van der Waals surface area contributed by atoms with Crippen LogP contribution in [0.2, 0.25) is 0 Å². The Kier molecular flexibility index (Phi) is 6.94. The molecule has 11 nitrogen and oxygen atoms in total.